The number of nitrogens with one attached hydrogen (secondary N) is 1. The number of H-pyrrole nitrogens is 1. The molecule has 0 aromatic carbocycles. The van der Waals surface area contributed by atoms with Gasteiger partial charge in [-0.2, -0.15) is 0 Å². The fourth-order valence-corrected chi connectivity index (χ4v) is 11.2. The number of hydrogen-bond donors (Lipinski definition) is 1. The second kappa shape index (κ2) is 12.9. The van der Waals surface area contributed by atoms with Crippen molar-refractivity contribution in [1.82, 2.24) is 17.7 Å². The number of nitrogens with zero attached hydrogens (tertiary/aromatic N) is 3. The fraction of sp³-hybridized carbons (Fsp3) is 0.459. The van der Waals surface area contributed by atoms with Crippen molar-refractivity contribution in [3.63, 3.8) is 0 Å². The average molecular weight is 706 g/mol. The van der Waals surface area contributed by atoms with Gasteiger partial charge in [0.15, 0.2) is 0 Å². The zero-order chi connectivity index (χ0) is 31.9. The van der Waals surface area contributed by atoms with Crippen LogP contribution in [0.2, 0.25) is 4.94 Å². The minimum atomic E-state index is -5.74. The van der Waals surface area contributed by atoms with Crippen LogP contribution in [-0.4, -0.2) is 37.5 Å². The number of aromatic nitrogens is 4. The van der Waals surface area contributed by atoms with Crippen molar-refractivity contribution in [2.24, 2.45) is 0 Å². The Balaban J connectivity index is 2.13. The van der Waals surface area contributed by atoms with Gasteiger partial charge in [-0.1, -0.05) is 0 Å². The zero-order valence-electron chi connectivity index (χ0n) is 28.1. The van der Waals surface area contributed by atoms with Gasteiger partial charge in [0.1, 0.15) is 0 Å². The molecule has 0 radical (unpaired) electrons. The Hall–Kier alpha value is -2.74. The van der Waals surface area contributed by atoms with Crippen molar-refractivity contribution in [2.45, 2.75) is 112 Å². The quantitative estimate of drug-likeness (QED) is 0.225. The summed E-state index contributed by atoms with van der Waals surface area (Å²) in [5.74, 6) is 0. The molecule has 3 aromatic rings. The topological polar surface area (TPSA) is 46.5 Å². The monoisotopic (exact) mass is 706 g/mol. The predicted octanol–water partition coefficient (Wildman–Crippen LogP) is 10.9. The molecule has 0 aliphatic carbocycles. The fourth-order valence-electron chi connectivity index (χ4n) is 7.64. The maximum atomic E-state index is 16.0. The summed E-state index contributed by atoms with van der Waals surface area (Å²) in [4.78, 5) is 15.4. The van der Waals surface area contributed by atoms with Crippen LogP contribution in [-0.2, 0) is 25.7 Å². The molecule has 234 valence electrons. The normalized spacial score (nSPS) is 13.9. The van der Waals surface area contributed by atoms with E-state index in [2.05, 4.69) is 72.5 Å². The Kier molecular flexibility index (Phi) is 9.60. The maximum absolute atomic E-state index is 16.0. The molecule has 1 N–H and O–H groups in total. The van der Waals surface area contributed by atoms with E-state index in [4.69, 9.17) is 9.97 Å². The van der Waals surface area contributed by atoms with Crippen LogP contribution < -0.4 is 0 Å². The second-order valence-corrected chi connectivity index (χ2v) is 18.0. The summed E-state index contributed by atoms with van der Waals surface area (Å²) in [5.41, 5.74) is 16.3. The molecule has 7 heteroatoms. The van der Waals surface area contributed by atoms with E-state index in [1.807, 2.05) is 12.1 Å². The van der Waals surface area contributed by atoms with Gasteiger partial charge in [0.25, 0.3) is 0 Å². The molecule has 0 amide bonds. The number of halogens is 2. The van der Waals surface area contributed by atoms with Gasteiger partial charge >= 0.3 is 269 Å². The van der Waals surface area contributed by atoms with Gasteiger partial charge in [0.2, 0.25) is 0 Å². The number of hydrogen-bond acceptors (Lipinski definition) is 2. The first-order chi connectivity index (χ1) is 21.1. The molecule has 0 spiro atoms. The number of aromatic amines is 1. The van der Waals surface area contributed by atoms with Crippen molar-refractivity contribution < 1.29 is 5.73 Å². The summed E-state index contributed by atoms with van der Waals surface area (Å²) in [7, 11) is 0. The van der Waals surface area contributed by atoms with E-state index >= 15 is 5.73 Å². The van der Waals surface area contributed by atoms with Gasteiger partial charge in [-0.3, -0.25) is 0 Å². The van der Waals surface area contributed by atoms with Crippen molar-refractivity contribution in [2.75, 3.05) is 0 Å². The summed E-state index contributed by atoms with van der Waals surface area (Å²) in [6.45, 7) is 17.2. The van der Waals surface area contributed by atoms with Crippen LogP contribution in [0.25, 0.3) is 44.4 Å². The second-order valence-electron chi connectivity index (χ2n) is 11.9. The van der Waals surface area contributed by atoms with Crippen molar-refractivity contribution in [1.29, 1.82) is 0 Å². The van der Waals surface area contributed by atoms with Crippen molar-refractivity contribution >= 4 is 64.2 Å². The van der Waals surface area contributed by atoms with Gasteiger partial charge in [0.05, 0.1) is 0 Å². The first kappa shape index (κ1) is 32.6. The van der Waals surface area contributed by atoms with Crippen LogP contribution in [0.15, 0.2) is 24.3 Å². The molecule has 4 nitrogen and oxygen atoms in total. The minimum absolute atomic E-state index is 0.643. The molecule has 5 rings (SSSR count). The van der Waals surface area contributed by atoms with Crippen LogP contribution in [0.3, 0.4) is 0 Å². The molecule has 5 heterocycles. The van der Waals surface area contributed by atoms with E-state index in [0.29, 0.717) is 23.9 Å². The number of allylic oxidation sites excluding steroid dienone is 4. The van der Waals surface area contributed by atoms with Gasteiger partial charge < -0.3 is 0 Å². The number of fused-ring (bicyclic) bond motifs is 8. The Bertz CT molecular complexity index is 1710. The Morgan fingerprint density at radius 1 is 0.523 bits per heavy atom. The zero-order valence-corrected chi connectivity index (χ0v) is 30.9. The summed E-state index contributed by atoms with van der Waals surface area (Å²) in [6.07, 6.45) is 6.45. The third-order valence-electron chi connectivity index (χ3n) is 9.53. The molecule has 44 heavy (non-hydrogen) atoms. The van der Waals surface area contributed by atoms with E-state index in [1.165, 1.54) is 30.0 Å². The van der Waals surface area contributed by atoms with Crippen LogP contribution in [0.4, 0.5) is 5.73 Å². The van der Waals surface area contributed by atoms with Crippen molar-refractivity contribution in [3.8, 4) is 0 Å². The molecule has 8 bridgehead atoms. The predicted molar refractivity (Wildman–Crippen MR) is 186 cm³/mol. The molecule has 0 atom stereocenters. The molecule has 0 unspecified atom stereocenters. The number of aryl methyl sites for hydroxylation is 4. The molecule has 0 saturated carbocycles. The van der Waals surface area contributed by atoms with Crippen LogP contribution >= 0.6 is 0 Å². The van der Waals surface area contributed by atoms with Crippen LogP contribution in [0.1, 0.15) is 126 Å². The number of rotatable bonds is 9. The van der Waals surface area contributed by atoms with Gasteiger partial charge in [-0.15, -0.1) is 0 Å². The van der Waals surface area contributed by atoms with Crippen LogP contribution in [0, 0.1) is 0 Å². The Morgan fingerprint density at radius 2 is 0.841 bits per heavy atom. The van der Waals surface area contributed by atoms with E-state index in [1.54, 1.807) is 0 Å². The molecule has 2 aliphatic heterocycles. The summed E-state index contributed by atoms with van der Waals surface area (Å²) < 4.78 is 33.6. The first-order valence-electron chi connectivity index (χ1n) is 16.7. The summed E-state index contributed by atoms with van der Waals surface area (Å²) >= 11 is -5.74. The summed E-state index contributed by atoms with van der Waals surface area (Å²) in [5, 5.41) is 0. The molecular weight excluding hydrogens is 657 g/mol. The Morgan fingerprint density at radius 3 is 1.11 bits per heavy atom. The van der Waals surface area contributed by atoms with E-state index in [9.17, 15) is 0 Å². The van der Waals surface area contributed by atoms with Gasteiger partial charge in [0, 0.05) is 0 Å². The van der Waals surface area contributed by atoms with Crippen LogP contribution in [0.5, 0.6) is 0 Å². The van der Waals surface area contributed by atoms with E-state index < -0.39 is 19.8 Å². The van der Waals surface area contributed by atoms with Gasteiger partial charge in [-0.25, -0.2) is 0 Å². The molecular formula is C37H48F2N4Sn. The van der Waals surface area contributed by atoms with Crippen molar-refractivity contribution in [3.05, 3.63) is 69.3 Å². The Labute approximate surface area is 267 Å². The molecule has 2 aliphatic rings. The standard InChI is InChI=1S/C36H45N4.CH3.2FH.Sn/c1-9-21-22(10-2)30-18-32-25(13-5)26(14-6)34(39-32)20-36-28(16-8)27(15-7)35(40-36)19-33-24(12-4)23(11-3)31(38-33)17-29(21)37-30;;;;/h17-20,37H,9-16H2,1-8H3;1H3;2*1H;/q-1;;;;+3/p-2. The third kappa shape index (κ3) is 5.39. The molecule has 0 saturated heterocycles. The molecule has 0 fully saturated rings. The first-order valence-corrected chi connectivity index (χ1v) is 23.0. The van der Waals surface area contributed by atoms with E-state index in [-0.39, 0.29) is 0 Å². The van der Waals surface area contributed by atoms with E-state index in [0.717, 1.165) is 94.6 Å². The SMILES string of the molecule is CCC1=C(CC)c2cc3c(CC)c(CC)c(cc4nc(cc5[nH]c(cc1n2)c(CC)c5CC)C(CC)=C4CC)[n]3[Sn]([CH3])([F])[F]. The molecule has 3 aromatic heterocycles. The average Bonchev–Trinajstić information content (AvgIpc) is 3.70. The van der Waals surface area contributed by atoms with Gasteiger partial charge in [-0.05, 0) is 0 Å². The third-order valence-corrected chi connectivity index (χ3v) is 13.1. The summed E-state index contributed by atoms with van der Waals surface area (Å²) in [6, 6.07) is 8.36.